The van der Waals surface area contributed by atoms with E-state index in [0.29, 0.717) is 17.9 Å². The van der Waals surface area contributed by atoms with Crippen molar-refractivity contribution in [3.8, 4) is 5.88 Å². The maximum atomic E-state index is 12.1. The fraction of sp³-hybridized carbons (Fsp3) is 0.600. The number of fused-ring (bicyclic) bond motifs is 1. The van der Waals surface area contributed by atoms with Gasteiger partial charge in [-0.05, 0) is 19.8 Å². The molecule has 0 spiro atoms. The molecule has 1 atom stereocenters. The zero-order chi connectivity index (χ0) is 15.1. The molecule has 3 heterocycles. The predicted molar refractivity (Wildman–Crippen MR) is 79.3 cm³/mol. The maximum Gasteiger partial charge on any atom is 0.245 e. The van der Waals surface area contributed by atoms with Crippen molar-refractivity contribution in [1.82, 2.24) is 24.4 Å². The zero-order valence-electron chi connectivity index (χ0n) is 12.6. The molecule has 116 valence electrons. The Bertz CT molecular complexity index is 709. The number of ether oxygens (including phenoxy) is 1. The molecule has 1 aliphatic heterocycles. The van der Waals surface area contributed by atoms with Gasteiger partial charge in [0.1, 0.15) is 12.4 Å². The van der Waals surface area contributed by atoms with E-state index in [1.54, 1.807) is 6.33 Å². The molecule has 0 aromatic carbocycles. The third kappa shape index (κ3) is 2.30. The Morgan fingerprint density at radius 1 is 1.32 bits per heavy atom. The predicted octanol–water partition coefficient (Wildman–Crippen LogP) is 1.24. The number of carbonyl (C=O) groups is 1. The van der Waals surface area contributed by atoms with Crippen LogP contribution in [-0.4, -0.2) is 49.5 Å². The minimum absolute atomic E-state index is 0.00687. The number of likely N-dealkylation sites (tertiary alicyclic amines) is 1. The first-order valence-corrected chi connectivity index (χ1v) is 7.87. The summed E-state index contributed by atoms with van der Waals surface area (Å²) in [5.74, 6) is 1.07. The quantitative estimate of drug-likeness (QED) is 0.849. The number of rotatable bonds is 4. The summed E-state index contributed by atoms with van der Waals surface area (Å²) < 4.78 is 7.97. The van der Waals surface area contributed by atoms with Crippen LogP contribution in [0.5, 0.6) is 5.88 Å². The Labute approximate surface area is 128 Å². The molecule has 1 saturated heterocycles. The van der Waals surface area contributed by atoms with Crippen LogP contribution in [0.25, 0.3) is 11.2 Å². The van der Waals surface area contributed by atoms with Crippen LogP contribution in [0.1, 0.15) is 26.2 Å². The van der Waals surface area contributed by atoms with Gasteiger partial charge in [-0.1, -0.05) is 0 Å². The van der Waals surface area contributed by atoms with Gasteiger partial charge < -0.3 is 14.2 Å². The minimum Gasteiger partial charge on any atom is -0.471 e. The van der Waals surface area contributed by atoms with E-state index in [0.717, 1.165) is 38.0 Å². The van der Waals surface area contributed by atoms with E-state index in [4.69, 9.17) is 4.74 Å². The maximum absolute atomic E-state index is 12.1. The normalized spacial score (nSPS) is 21.5. The lowest BCUT2D eigenvalue weighted by Crippen LogP contribution is -2.32. The summed E-state index contributed by atoms with van der Waals surface area (Å²) in [6.45, 7) is 4.27. The minimum atomic E-state index is -0.00687. The van der Waals surface area contributed by atoms with Gasteiger partial charge in [-0.3, -0.25) is 4.79 Å². The second kappa shape index (κ2) is 5.23. The highest BCUT2D eigenvalue weighted by atomic mass is 16.5. The lowest BCUT2D eigenvalue weighted by Gasteiger charge is -2.16. The number of hydrogen-bond acceptors (Lipinski definition) is 5. The number of aryl methyl sites for hydroxylation is 1. The number of carbonyl (C=O) groups excluding carboxylic acids is 1. The van der Waals surface area contributed by atoms with Crippen LogP contribution in [0.3, 0.4) is 0 Å². The number of nitrogens with zero attached hydrogens (tertiary/aromatic N) is 5. The second-order valence-electron chi connectivity index (χ2n) is 5.97. The van der Waals surface area contributed by atoms with Gasteiger partial charge in [-0.25, -0.2) is 9.97 Å². The highest BCUT2D eigenvalue weighted by molar-refractivity contribution is 5.81. The molecule has 2 aromatic heterocycles. The van der Waals surface area contributed by atoms with Crippen LogP contribution in [0.4, 0.5) is 0 Å². The molecule has 2 aromatic rings. The van der Waals surface area contributed by atoms with E-state index in [1.807, 2.05) is 16.4 Å². The molecule has 7 heteroatoms. The fourth-order valence-corrected chi connectivity index (χ4v) is 2.95. The molecule has 1 saturated carbocycles. The number of aromatic nitrogens is 4. The molecule has 2 aliphatic rings. The molecule has 4 rings (SSSR count). The molecular weight excluding hydrogens is 282 g/mol. The summed E-state index contributed by atoms with van der Waals surface area (Å²) in [6, 6.07) is 0. The second-order valence-corrected chi connectivity index (χ2v) is 5.97. The van der Waals surface area contributed by atoms with Gasteiger partial charge in [0.05, 0.1) is 12.9 Å². The average Bonchev–Trinajstić information content (AvgIpc) is 3.13. The van der Waals surface area contributed by atoms with Crippen LogP contribution >= 0.6 is 0 Å². The summed E-state index contributed by atoms with van der Waals surface area (Å²) in [7, 11) is 0. The third-order valence-corrected chi connectivity index (χ3v) is 4.37. The van der Waals surface area contributed by atoms with Crippen molar-refractivity contribution in [2.45, 2.75) is 38.8 Å². The summed E-state index contributed by atoms with van der Waals surface area (Å²) >= 11 is 0. The summed E-state index contributed by atoms with van der Waals surface area (Å²) in [6.07, 6.45) is 6.19. The van der Waals surface area contributed by atoms with Gasteiger partial charge >= 0.3 is 0 Å². The van der Waals surface area contributed by atoms with E-state index in [1.165, 1.54) is 6.33 Å². The van der Waals surface area contributed by atoms with Crippen LogP contribution in [0.15, 0.2) is 12.7 Å². The number of amides is 1. The lowest BCUT2D eigenvalue weighted by atomic mass is 10.3. The summed E-state index contributed by atoms with van der Waals surface area (Å²) in [5.41, 5.74) is 1.48. The van der Waals surface area contributed by atoms with E-state index in [-0.39, 0.29) is 17.9 Å². The van der Waals surface area contributed by atoms with Gasteiger partial charge in [0.2, 0.25) is 11.8 Å². The molecule has 0 radical (unpaired) electrons. The zero-order valence-corrected chi connectivity index (χ0v) is 12.6. The van der Waals surface area contributed by atoms with Gasteiger partial charge in [0, 0.05) is 25.4 Å². The van der Waals surface area contributed by atoms with Crippen molar-refractivity contribution in [1.29, 1.82) is 0 Å². The van der Waals surface area contributed by atoms with Crippen molar-refractivity contribution in [2.75, 3.05) is 13.1 Å². The highest BCUT2D eigenvalue weighted by Gasteiger charge is 2.37. The molecule has 22 heavy (non-hydrogen) atoms. The van der Waals surface area contributed by atoms with Crippen molar-refractivity contribution in [2.24, 2.45) is 5.92 Å². The fourth-order valence-electron chi connectivity index (χ4n) is 2.95. The monoisotopic (exact) mass is 301 g/mol. The first-order valence-electron chi connectivity index (χ1n) is 7.87. The number of hydrogen-bond donors (Lipinski definition) is 0. The lowest BCUT2D eigenvalue weighted by molar-refractivity contribution is -0.131. The topological polar surface area (TPSA) is 73.1 Å². The van der Waals surface area contributed by atoms with Gasteiger partial charge in [0.25, 0.3) is 0 Å². The molecule has 1 aliphatic carbocycles. The summed E-state index contributed by atoms with van der Waals surface area (Å²) in [5, 5.41) is 0. The Hall–Kier alpha value is -2.18. The smallest absolute Gasteiger partial charge is 0.245 e. The largest absolute Gasteiger partial charge is 0.471 e. The Morgan fingerprint density at radius 3 is 2.95 bits per heavy atom. The van der Waals surface area contributed by atoms with Crippen molar-refractivity contribution >= 4 is 17.1 Å². The molecule has 0 N–H and O–H groups in total. The standard InChI is InChI=1S/C15H19N5O2/c1-2-19-9-18-12-13(19)16-8-17-14(12)22-11-5-6-20(7-11)15(21)10-3-4-10/h8-11H,2-7H2,1H3/t11-/m0/s1. The van der Waals surface area contributed by atoms with Gasteiger partial charge in [-0.15, -0.1) is 0 Å². The highest BCUT2D eigenvalue weighted by Crippen LogP contribution is 2.32. The molecule has 0 bridgehead atoms. The van der Waals surface area contributed by atoms with E-state index < -0.39 is 0 Å². The van der Waals surface area contributed by atoms with Gasteiger partial charge in [0.15, 0.2) is 11.2 Å². The summed E-state index contributed by atoms with van der Waals surface area (Å²) in [4.78, 5) is 26.9. The Morgan fingerprint density at radius 2 is 2.18 bits per heavy atom. The Balaban J connectivity index is 1.49. The van der Waals surface area contributed by atoms with Crippen LogP contribution in [0.2, 0.25) is 0 Å². The SMILES string of the molecule is CCn1cnc2c(O[C@H]3CCN(C(=O)C4CC4)C3)ncnc21. The molecular formula is C15H19N5O2. The third-order valence-electron chi connectivity index (χ3n) is 4.37. The molecule has 2 fully saturated rings. The molecule has 0 unspecified atom stereocenters. The first-order chi connectivity index (χ1) is 10.8. The Kier molecular flexibility index (Phi) is 3.20. The van der Waals surface area contributed by atoms with Crippen molar-refractivity contribution in [3.05, 3.63) is 12.7 Å². The van der Waals surface area contributed by atoms with E-state index >= 15 is 0 Å². The van der Waals surface area contributed by atoms with Crippen molar-refractivity contribution < 1.29 is 9.53 Å². The average molecular weight is 301 g/mol. The number of imidazole rings is 1. The van der Waals surface area contributed by atoms with Crippen molar-refractivity contribution in [3.63, 3.8) is 0 Å². The van der Waals surface area contributed by atoms with Crippen LogP contribution in [0, 0.1) is 5.92 Å². The van der Waals surface area contributed by atoms with Crippen LogP contribution in [-0.2, 0) is 11.3 Å². The molecule has 7 nitrogen and oxygen atoms in total. The van der Waals surface area contributed by atoms with Crippen LogP contribution < -0.4 is 4.74 Å². The van der Waals surface area contributed by atoms with E-state index in [2.05, 4.69) is 15.0 Å². The molecule has 1 amide bonds. The van der Waals surface area contributed by atoms with Gasteiger partial charge in [-0.2, -0.15) is 4.98 Å². The van der Waals surface area contributed by atoms with E-state index in [9.17, 15) is 4.79 Å². The first kappa shape index (κ1) is 13.5.